The van der Waals surface area contributed by atoms with Crippen molar-refractivity contribution in [2.45, 2.75) is 0 Å². The SMILES string of the molecule is COc1ccc(C(=S)c2ccc(OC)cc2)cc1. The second-order valence-electron chi connectivity index (χ2n) is 3.79. The van der Waals surface area contributed by atoms with Gasteiger partial charge in [0.1, 0.15) is 11.5 Å². The molecular weight excluding hydrogens is 244 g/mol. The van der Waals surface area contributed by atoms with Crippen molar-refractivity contribution in [3.8, 4) is 11.5 Å². The lowest BCUT2D eigenvalue weighted by atomic mass is 10.0. The predicted octanol–water partition coefficient (Wildman–Crippen LogP) is 3.47. The summed E-state index contributed by atoms with van der Waals surface area (Å²) in [5.74, 6) is 1.66. The van der Waals surface area contributed by atoms with Gasteiger partial charge in [-0.05, 0) is 59.7 Å². The van der Waals surface area contributed by atoms with Gasteiger partial charge in [0.05, 0.1) is 19.1 Å². The lowest BCUT2D eigenvalue weighted by Crippen LogP contribution is -1.99. The van der Waals surface area contributed by atoms with Gasteiger partial charge in [-0.15, -0.1) is 0 Å². The molecule has 18 heavy (non-hydrogen) atoms. The van der Waals surface area contributed by atoms with E-state index in [9.17, 15) is 0 Å². The van der Waals surface area contributed by atoms with Gasteiger partial charge in [0.15, 0.2) is 0 Å². The normalized spacial score (nSPS) is 9.89. The summed E-state index contributed by atoms with van der Waals surface area (Å²) in [5.41, 5.74) is 2.02. The van der Waals surface area contributed by atoms with Crippen molar-refractivity contribution in [2.75, 3.05) is 14.2 Å². The Morgan fingerprint density at radius 3 is 1.33 bits per heavy atom. The molecule has 0 heterocycles. The molecule has 0 unspecified atom stereocenters. The molecule has 0 bridgehead atoms. The molecule has 92 valence electrons. The summed E-state index contributed by atoms with van der Waals surface area (Å²) < 4.78 is 10.3. The second-order valence-corrected chi connectivity index (χ2v) is 4.19. The van der Waals surface area contributed by atoms with E-state index in [0.717, 1.165) is 27.5 Å². The van der Waals surface area contributed by atoms with Crippen molar-refractivity contribution < 1.29 is 9.47 Å². The summed E-state index contributed by atoms with van der Waals surface area (Å²) in [5, 5.41) is 0. The van der Waals surface area contributed by atoms with Gasteiger partial charge in [0.2, 0.25) is 0 Å². The zero-order valence-electron chi connectivity index (χ0n) is 10.3. The summed E-state index contributed by atoms with van der Waals surface area (Å²) in [6.07, 6.45) is 0. The highest BCUT2D eigenvalue weighted by molar-refractivity contribution is 7.81. The molecule has 0 saturated carbocycles. The second kappa shape index (κ2) is 5.65. The van der Waals surface area contributed by atoms with Crippen LogP contribution < -0.4 is 9.47 Å². The van der Waals surface area contributed by atoms with Crippen LogP contribution in [0.3, 0.4) is 0 Å². The van der Waals surface area contributed by atoms with Crippen LogP contribution >= 0.6 is 12.2 Å². The van der Waals surface area contributed by atoms with Crippen LogP contribution in [-0.4, -0.2) is 19.1 Å². The van der Waals surface area contributed by atoms with Crippen molar-refractivity contribution in [1.82, 2.24) is 0 Å². The van der Waals surface area contributed by atoms with Gasteiger partial charge in [-0.2, -0.15) is 0 Å². The highest BCUT2D eigenvalue weighted by atomic mass is 32.1. The third-order valence-corrected chi connectivity index (χ3v) is 3.18. The molecule has 0 atom stereocenters. The predicted molar refractivity (Wildman–Crippen MR) is 76.8 cm³/mol. The monoisotopic (exact) mass is 258 g/mol. The van der Waals surface area contributed by atoms with Crippen molar-refractivity contribution in [3.63, 3.8) is 0 Å². The number of methoxy groups -OCH3 is 2. The van der Waals surface area contributed by atoms with Crippen molar-refractivity contribution in [3.05, 3.63) is 59.7 Å². The number of rotatable bonds is 4. The summed E-state index contributed by atoms with van der Waals surface area (Å²) in [6, 6.07) is 15.5. The molecule has 0 aliphatic carbocycles. The van der Waals surface area contributed by atoms with E-state index in [1.54, 1.807) is 14.2 Å². The Balaban J connectivity index is 2.23. The molecule has 0 fully saturated rings. The Morgan fingerprint density at radius 1 is 0.722 bits per heavy atom. The smallest absolute Gasteiger partial charge is 0.118 e. The number of hydrogen-bond acceptors (Lipinski definition) is 3. The molecule has 0 radical (unpaired) electrons. The van der Waals surface area contributed by atoms with E-state index in [2.05, 4.69) is 0 Å². The number of benzene rings is 2. The van der Waals surface area contributed by atoms with Crippen LogP contribution in [0.4, 0.5) is 0 Å². The van der Waals surface area contributed by atoms with Crippen LogP contribution in [-0.2, 0) is 0 Å². The van der Waals surface area contributed by atoms with E-state index >= 15 is 0 Å². The summed E-state index contributed by atoms with van der Waals surface area (Å²) in [6.45, 7) is 0. The lowest BCUT2D eigenvalue weighted by molar-refractivity contribution is 0.414. The molecule has 2 aromatic carbocycles. The van der Waals surface area contributed by atoms with Gasteiger partial charge in [-0.3, -0.25) is 0 Å². The van der Waals surface area contributed by atoms with Gasteiger partial charge in [-0.1, -0.05) is 12.2 Å². The molecule has 0 amide bonds. The van der Waals surface area contributed by atoms with Crippen LogP contribution in [0.25, 0.3) is 0 Å². The quantitative estimate of drug-likeness (QED) is 0.618. The molecule has 2 rings (SSSR count). The highest BCUT2D eigenvalue weighted by Crippen LogP contribution is 2.18. The Hall–Kier alpha value is -1.87. The van der Waals surface area contributed by atoms with E-state index in [4.69, 9.17) is 21.7 Å². The largest absolute Gasteiger partial charge is 0.497 e. The average molecular weight is 258 g/mol. The molecule has 0 N–H and O–H groups in total. The third kappa shape index (κ3) is 2.68. The van der Waals surface area contributed by atoms with Crippen LogP contribution in [0.1, 0.15) is 11.1 Å². The van der Waals surface area contributed by atoms with E-state index < -0.39 is 0 Å². The van der Waals surface area contributed by atoms with Crippen molar-refractivity contribution in [1.29, 1.82) is 0 Å². The van der Waals surface area contributed by atoms with Gasteiger partial charge in [0, 0.05) is 0 Å². The minimum absolute atomic E-state index is 0.820. The first kappa shape index (κ1) is 12.6. The van der Waals surface area contributed by atoms with Crippen LogP contribution in [0.5, 0.6) is 11.5 Å². The van der Waals surface area contributed by atoms with Crippen molar-refractivity contribution in [2.24, 2.45) is 0 Å². The summed E-state index contributed by atoms with van der Waals surface area (Å²) in [7, 11) is 3.30. The first-order valence-corrected chi connectivity index (χ1v) is 5.98. The Kier molecular flexibility index (Phi) is 3.95. The zero-order valence-corrected chi connectivity index (χ0v) is 11.2. The molecule has 2 aromatic rings. The fraction of sp³-hybridized carbons (Fsp3) is 0.133. The standard InChI is InChI=1S/C15H14O2S/c1-16-13-7-3-11(4-8-13)15(18)12-5-9-14(17-2)10-6-12/h3-10H,1-2H3. The third-order valence-electron chi connectivity index (χ3n) is 2.70. The first-order chi connectivity index (χ1) is 8.74. The summed E-state index contributed by atoms with van der Waals surface area (Å²) in [4.78, 5) is 0.820. The van der Waals surface area contributed by atoms with Gasteiger partial charge in [-0.25, -0.2) is 0 Å². The molecule has 3 heteroatoms. The topological polar surface area (TPSA) is 18.5 Å². The molecule has 2 nitrogen and oxygen atoms in total. The fourth-order valence-electron chi connectivity index (χ4n) is 1.65. The van der Waals surface area contributed by atoms with E-state index in [1.807, 2.05) is 48.5 Å². The molecule has 0 spiro atoms. The van der Waals surface area contributed by atoms with Crippen LogP contribution in [0.15, 0.2) is 48.5 Å². The molecular formula is C15H14O2S. The van der Waals surface area contributed by atoms with E-state index in [0.29, 0.717) is 0 Å². The number of thiocarbonyl (C=S) groups is 1. The molecule has 0 aliphatic heterocycles. The molecule has 0 aliphatic rings. The van der Waals surface area contributed by atoms with Gasteiger partial charge < -0.3 is 9.47 Å². The highest BCUT2D eigenvalue weighted by Gasteiger charge is 2.05. The zero-order chi connectivity index (χ0) is 13.0. The summed E-state index contributed by atoms with van der Waals surface area (Å²) >= 11 is 5.46. The maximum atomic E-state index is 5.46. The van der Waals surface area contributed by atoms with Crippen molar-refractivity contribution >= 4 is 17.1 Å². The molecule has 0 aromatic heterocycles. The first-order valence-electron chi connectivity index (χ1n) is 5.57. The lowest BCUT2D eigenvalue weighted by Gasteiger charge is -2.06. The average Bonchev–Trinajstić information content (AvgIpc) is 2.47. The fourth-order valence-corrected chi connectivity index (χ4v) is 1.92. The number of hydrogen-bond donors (Lipinski definition) is 0. The minimum atomic E-state index is 0.820. The van der Waals surface area contributed by atoms with Gasteiger partial charge >= 0.3 is 0 Å². The van der Waals surface area contributed by atoms with E-state index in [1.165, 1.54) is 0 Å². The Labute approximate surface area is 112 Å². The maximum absolute atomic E-state index is 5.46. The Morgan fingerprint density at radius 2 is 1.06 bits per heavy atom. The maximum Gasteiger partial charge on any atom is 0.118 e. The minimum Gasteiger partial charge on any atom is -0.497 e. The van der Waals surface area contributed by atoms with E-state index in [-0.39, 0.29) is 0 Å². The Bertz CT molecular complexity index is 480. The molecule has 0 saturated heterocycles. The van der Waals surface area contributed by atoms with Gasteiger partial charge in [0.25, 0.3) is 0 Å². The van der Waals surface area contributed by atoms with Crippen LogP contribution in [0.2, 0.25) is 0 Å². The number of ether oxygens (including phenoxy) is 2. The van der Waals surface area contributed by atoms with Crippen LogP contribution in [0, 0.1) is 0 Å².